The predicted octanol–water partition coefficient (Wildman–Crippen LogP) is 2.83. The van der Waals surface area contributed by atoms with Crippen molar-refractivity contribution < 1.29 is 9.94 Å². The highest BCUT2D eigenvalue weighted by Crippen LogP contribution is 2.21. The van der Waals surface area contributed by atoms with Crippen LogP contribution in [0.2, 0.25) is 0 Å². The molecular formula is C11H16BrNO2. The van der Waals surface area contributed by atoms with E-state index < -0.39 is 0 Å². The first-order valence-electron chi connectivity index (χ1n) is 4.91. The molecule has 0 aliphatic heterocycles. The van der Waals surface area contributed by atoms with Crippen molar-refractivity contribution in [1.29, 1.82) is 0 Å². The van der Waals surface area contributed by atoms with E-state index in [0.717, 1.165) is 10.0 Å². The molecule has 4 heteroatoms. The van der Waals surface area contributed by atoms with E-state index in [1.54, 1.807) is 12.1 Å². The third kappa shape index (κ3) is 4.64. The zero-order chi connectivity index (χ0) is 11.3. The molecule has 0 radical (unpaired) electrons. The van der Waals surface area contributed by atoms with Crippen molar-refractivity contribution in [2.24, 2.45) is 5.92 Å². The molecule has 84 valence electrons. The quantitative estimate of drug-likeness (QED) is 0.641. The normalized spacial score (nSPS) is 10.9. The van der Waals surface area contributed by atoms with Crippen molar-refractivity contribution in [3.8, 4) is 5.75 Å². The summed E-state index contributed by atoms with van der Waals surface area (Å²) in [5.74, 6) is 0.771. The Morgan fingerprint density at radius 1 is 1.47 bits per heavy atom. The summed E-state index contributed by atoms with van der Waals surface area (Å²) >= 11 is 3.35. The Kier molecular flexibility index (Phi) is 5.08. The van der Waals surface area contributed by atoms with E-state index in [9.17, 15) is 5.11 Å². The van der Waals surface area contributed by atoms with Crippen molar-refractivity contribution in [1.82, 2.24) is 5.48 Å². The van der Waals surface area contributed by atoms with E-state index >= 15 is 0 Å². The summed E-state index contributed by atoms with van der Waals surface area (Å²) in [5, 5.41) is 9.53. The molecule has 0 spiro atoms. The van der Waals surface area contributed by atoms with E-state index in [1.807, 2.05) is 6.07 Å². The van der Waals surface area contributed by atoms with Crippen LogP contribution in [0.1, 0.15) is 19.4 Å². The summed E-state index contributed by atoms with van der Waals surface area (Å²) in [6.45, 7) is 5.32. The van der Waals surface area contributed by atoms with E-state index in [1.165, 1.54) is 0 Å². The molecule has 0 fully saturated rings. The molecule has 0 atom stereocenters. The van der Waals surface area contributed by atoms with Crippen LogP contribution in [0.3, 0.4) is 0 Å². The Hall–Kier alpha value is -0.580. The van der Waals surface area contributed by atoms with Crippen LogP contribution in [0.25, 0.3) is 0 Å². The smallest absolute Gasteiger partial charge is 0.120 e. The van der Waals surface area contributed by atoms with Crippen LogP contribution in [0.15, 0.2) is 22.7 Å². The molecule has 2 N–H and O–H groups in total. The van der Waals surface area contributed by atoms with E-state index in [0.29, 0.717) is 19.1 Å². The Labute approximate surface area is 98.5 Å². The summed E-state index contributed by atoms with van der Waals surface area (Å²) < 4.78 is 0.945. The molecule has 0 saturated heterocycles. The molecule has 3 nitrogen and oxygen atoms in total. The second kappa shape index (κ2) is 6.10. The first-order valence-corrected chi connectivity index (χ1v) is 5.71. The molecule has 0 amide bonds. The number of phenols is 1. The van der Waals surface area contributed by atoms with Gasteiger partial charge in [-0.1, -0.05) is 29.8 Å². The average molecular weight is 274 g/mol. The fourth-order valence-corrected chi connectivity index (χ4v) is 1.46. The predicted molar refractivity (Wildman–Crippen MR) is 63.4 cm³/mol. The zero-order valence-electron chi connectivity index (χ0n) is 8.96. The Morgan fingerprint density at radius 2 is 2.20 bits per heavy atom. The fraction of sp³-hybridized carbons (Fsp3) is 0.455. The van der Waals surface area contributed by atoms with Gasteiger partial charge in [0, 0.05) is 16.6 Å². The van der Waals surface area contributed by atoms with Gasteiger partial charge in [-0.3, -0.25) is 0 Å². The lowest BCUT2D eigenvalue weighted by atomic mass is 10.2. The Bertz CT molecular complexity index is 315. The summed E-state index contributed by atoms with van der Waals surface area (Å²) in [6.07, 6.45) is 0. The van der Waals surface area contributed by atoms with Crippen molar-refractivity contribution in [3.05, 3.63) is 28.2 Å². The van der Waals surface area contributed by atoms with Gasteiger partial charge in [-0.15, -0.1) is 0 Å². The van der Waals surface area contributed by atoms with Gasteiger partial charge in [0.15, 0.2) is 0 Å². The lowest BCUT2D eigenvalue weighted by Gasteiger charge is -2.09. The zero-order valence-corrected chi connectivity index (χ0v) is 10.5. The number of hydrogen-bond donors (Lipinski definition) is 2. The average Bonchev–Trinajstić information content (AvgIpc) is 2.17. The number of rotatable bonds is 5. The van der Waals surface area contributed by atoms with Crippen LogP contribution in [0, 0.1) is 5.92 Å². The molecule has 0 aliphatic carbocycles. The van der Waals surface area contributed by atoms with E-state index in [-0.39, 0.29) is 5.75 Å². The number of aromatic hydroxyl groups is 1. The SMILES string of the molecule is CC(C)CONCc1cc(Br)ccc1O. The summed E-state index contributed by atoms with van der Waals surface area (Å²) in [4.78, 5) is 5.22. The summed E-state index contributed by atoms with van der Waals surface area (Å²) in [7, 11) is 0. The van der Waals surface area contributed by atoms with Gasteiger partial charge in [-0.25, -0.2) is 0 Å². The largest absolute Gasteiger partial charge is 0.508 e. The minimum absolute atomic E-state index is 0.277. The summed E-state index contributed by atoms with van der Waals surface area (Å²) in [5.41, 5.74) is 3.63. The molecule has 1 aromatic carbocycles. The van der Waals surface area contributed by atoms with Crippen LogP contribution < -0.4 is 5.48 Å². The molecule has 0 aromatic heterocycles. The fourth-order valence-electron chi connectivity index (χ4n) is 1.05. The molecule has 0 heterocycles. The van der Waals surface area contributed by atoms with Crippen LogP contribution in [0.5, 0.6) is 5.75 Å². The van der Waals surface area contributed by atoms with Crippen LogP contribution in [-0.2, 0) is 11.4 Å². The Balaban J connectivity index is 2.40. The molecule has 0 aliphatic rings. The highest BCUT2D eigenvalue weighted by molar-refractivity contribution is 9.10. The topological polar surface area (TPSA) is 41.5 Å². The number of nitrogens with one attached hydrogen (secondary N) is 1. The van der Waals surface area contributed by atoms with Crippen molar-refractivity contribution in [3.63, 3.8) is 0 Å². The standard InChI is InChI=1S/C11H16BrNO2/c1-8(2)7-15-13-6-9-5-10(12)3-4-11(9)14/h3-5,8,13-14H,6-7H2,1-2H3. The first kappa shape index (κ1) is 12.5. The molecule has 1 aromatic rings. The minimum atomic E-state index is 0.277. The molecular weight excluding hydrogens is 258 g/mol. The third-order valence-electron chi connectivity index (χ3n) is 1.82. The molecule has 15 heavy (non-hydrogen) atoms. The lowest BCUT2D eigenvalue weighted by Crippen LogP contribution is -2.17. The van der Waals surface area contributed by atoms with Crippen molar-refractivity contribution in [2.45, 2.75) is 20.4 Å². The van der Waals surface area contributed by atoms with Gasteiger partial charge in [0.1, 0.15) is 5.75 Å². The highest BCUT2D eigenvalue weighted by atomic mass is 79.9. The van der Waals surface area contributed by atoms with Gasteiger partial charge in [0.05, 0.1) is 6.61 Å². The maximum atomic E-state index is 9.53. The molecule has 1 rings (SSSR count). The van der Waals surface area contributed by atoms with Crippen LogP contribution in [0.4, 0.5) is 0 Å². The van der Waals surface area contributed by atoms with Gasteiger partial charge in [-0.2, -0.15) is 5.48 Å². The number of hydroxylamine groups is 1. The van der Waals surface area contributed by atoms with Crippen LogP contribution in [-0.4, -0.2) is 11.7 Å². The van der Waals surface area contributed by atoms with Gasteiger partial charge in [0.2, 0.25) is 0 Å². The van der Waals surface area contributed by atoms with E-state index in [4.69, 9.17) is 4.84 Å². The lowest BCUT2D eigenvalue weighted by molar-refractivity contribution is 0.0193. The maximum absolute atomic E-state index is 9.53. The Morgan fingerprint density at radius 3 is 2.87 bits per heavy atom. The summed E-state index contributed by atoms with van der Waals surface area (Å²) in [6, 6.07) is 5.32. The molecule has 0 bridgehead atoms. The highest BCUT2D eigenvalue weighted by Gasteiger charge is 2.01. The van der Waals surface area contributed by atoms with Crippen molar-refractivity contribution >= 4 is 15.9 Å². The minimum Gasteiger partial charge on any atom is -0.508 e. The molecule has 0 unspecified atom stereocenters. The second-order valence-electron chi connectivity index (χ2n) is 3.80. The number of benzene rings is 1. The van der Waals surface area contributed by atoms with Crippen molar-refractivity contribution in [2.75, 3.05) is 6.61 Å². The van der Waals surface area contributed by atoms with E-state index in [2.05, 4.69) is 35.3 Å². The van der Waals surface area contributed by atoms with Gasteiger partial charge in [0.25, 0.3) is 0 Å². The number of halogens is 1. The first-order chi connectivity index (χ1) is 7.09. The maximum Gasteiger partial charge on any atom is 0.120 e. The second-order valence-corrected chi connectivity index (χ2v) is 4.71. The van der Waals surface area contributed by atoms with Crippen LogP contribution >= 0.6 is 15.9 Å². The van der Waals surface area contributed by atoms with Gasteiger partial charge in [-0.05, 0) is 24.1 Å². The van der Waals surface area contributed by atoms with Gasteiger partial charge >= 0.3 is 0 Å². The number of hydrogen-bond acceptors (Lipinski definition) is 3. The monoisotopic (exact) mass is 273 g/mol. The molecule has 0 saturated carbocycles. The van der Waals surface area contributed by atoms with Gasteiger partial charge < -0.3 is 9.94 Å². The number of phenolic OH excluding ortho intramolecular Hbond substituents is 1. The third-order valence-corrected chi connectivity index (χ3v) is 2.32.